The Hall–Kier alpha value is -1.08. The van der Waals surface area contributed by atoms with Gasteiger partial charge in [0.05, 0.1) is 17.5 Å². The molecule has 1 saturated heterocycles. The predicted molar refractivity (Wildman–Crippen MR) is 51.0 cm³/mol. The standard InChI is InChI=1S/C10H15N3O/c1-10(4-11)5-13(6-10)9(14)8(12)7-2-3-7/h7-8H,2-3,5-6,12H2,1H3/t8-/m1/s1. The zero-order chi connectivity index (χ0) is 10.3. The van der Waals surface area contributed by atoms with Gasteiger partial charge in [0.1, 0.15) is 0 Å². The molecule has 1 atom stereocenters. The second-order valence-corrected chi connectivity index (χ2v) is 4.73. The van der Waals surface area contributed by atoms with Crippen LogP contribution in [0.4, 0.5) is 0 Å². The van der Waals surface area contributed by atoms with Gasteiger partial charge in [-0.2, -0.15) is 5.26 Å². The average Bonchev–Trinajstić information content (AvgIpc) is 2.93. The highest BCUT2D eigenvalue weighted by Crippen LogP contribution is 2.35. The van der Waals surface area contributed by atoms with E-state index in [9.17, 15) is 4.79 Å². The Morgan fingerprint density at radius 1 is 1.64 bits per heavy atom. The quantitative estimate of drug-likeness (QED) is 0.676. The summed E-state index contributed by atoms with van der Waals surface area (Å²) in [6.07, 6.45) is 2.16. The number of hydrogen-bond acceptors (Lipinski definition) is 3. The molecule has 0 radical (unpaired) electrons. The van der Waals surface area contributed by atoms with Crippen molar-refractivity contribution in [1.82, 2.24) is 4.90 Å². The third-order valence-electron chi connectivity index (χ3n) is 3.08. The van der Waals surface area contributed by atoms with Gasteiger partial charge in [0.25, 0.3) is 0 Å². The van der Waals surface area contributed by atoms with Crippen molar-refractivity contribution in [2.24, 2.45) is 17.1 Å². The first-order chi connectivity index (χ1) is 6.56. The van der Waals surface area contributed by atoms with Crippen molar-refractivity contribution in [3.8, 4) is 6.07 Å². The van der Waals surface area contributed by atoms with Crippen LogP contribution in [0.5, 0.6) is 0 Å². The van der Waals surface area contributed by atoms with Crippen LogP contribution in [-0.2, 0) is 4.79 Å². The maximum atomic E-state index is 11.7. The Morgan fingerprint density at radius 3 is 2.64 bits per heavy atom. The van der Waals surface area contributed by atoms with E-state index in [0.29, 0.717) is 19.0 Å². The Labute approximate surface area is 83.7 Å². The van der Waals surface area contributed by atoms with Crippen molar-refractivity contribution in [3.63, 3.8) is 0 Å². The molecule has 0 bridgehead atoms. The lowest BCUT2D eigenvalue weighted by molar-refractivity contribution is -0.141. The topological polar surface area (TPSA) is 70.1 Å². The van der Waals surface area contributed by atoms with Gasteiger partial charge in [-0.15, -0.1) is 0 Å². The van der Waals surface area contributed by atoms with Crippen LogP contribution < -0.4 is 5.73 Å². The lowest BCUT2D eigenvalue weighted by Crippen LogP contribution is -2.60. The van der Waals surface area contributed by atoms with Crippen molar-refractivity contribution in [3.05, 3.63) is 0 Å². The zero-order valence-corrected chi connectivity index (χ0v) is 8.36. The van der Waals surface area contributed by atoms with Crippen molar-refractivity contribution in [2.45, 2.75) is 25.8 Å². The molecule has 0 aromatic heterocycles. The molecule has 2 rings (SSSR count). The Morgan fingerprint density at radius 2 is 2.21 bits per heavy atom. The monoisotopic (exact) mass is 193 g/mol. The third kappa shape index (κ3) is 1.48. The maximum absolute atomic E-state index is 11.7. The summed E-state index contributed by atoms with van der Waals surface area (Å²) in [4.78, 5) is 13.4. The number of likely N-dealkylation sites (tertiary alicyclic amines) is 1. The minimum Gasteiger partial charge on any atom is -0.338 e. The number of carbonyl (C=O) groups is 1. The largest absolute Gasteiger partial charge is 0.338 e. The number of nitrogens with two attached hydrogens (primary N) is 1. The van der Waals surface area contributed by atoms with E-state index in [1.165, 1.54) is 0 Å². The molecule has 2 aliphatic rings. The molecule has 4 heteroatoms. The SMILES string of the molecule is CC1(C#N)CN(C(=O)[C@H](N)C2CC2)C1. The van der Waals surface area contributed by atoms with Crippen molar-refractivity contribution < 1.29 is 4.79 Å². The molecular weight excluding hydrogens is 178 g/mol. The van der Waals surface area contributed by atoms with E-state index in [1.54, 1.807) is 4.90 Å². The van der Waals surface area contributed by atoms with Crippen LogP contribution in [0.2, 0.25) is 0 Å². The Bertz CT molecular complexity index is 297. The highest BCUT2D eigenvalue weighted by Gasteiger charge is 2.45. The first-order valence-corrected chi connectivity index (χ1v) is 5.01. The lowest BCUT2D eigenvalue weighted by atomic mass is 9.83. The van der Waals surface area contributed by atoms with Gasteiger partial charge in [0.15, 0.2) is 0 Å². The molecule has 4 nitrogen and oxygen atoms in total. The van der Waals surface area contributed by atoms with E-state index in [2.05, 4.69) is 6.07 Å². The summed E-state index contributed by atoms with van der Waals surface area (Å²) < 4.78 is 0. The van der Waals surface area contributed by atoms with Gasteiger partial charge < -0.3 is 10.6 Å². The second kappa shape index (κ2) is 2.96. The van der Waals surface area contributed by atoms with E-state index < -0.39 is 0 Å². The molecule has 0 aromatic carbocycles. The molecule has 1 saturated carbocycles. The van der Waals surface area contributed by atoms with Crippen molar-refractivity contribution >= 4 is 5.91 Å². The van der Waals surface area contributed by atoms with Crippen LogP contribution in [0.25, 0.3) is 0 Å². The van der Waals surface area contributed by atoms with Crippen LogP contribution in [0.3, 0.4) is 0 Å². The minimum absolute atomic E-state index is 0.0280. The molecule has 1 aliphatic carbocycles. The van der Waals surface area contributed by atoms with Crippen LogP contribution in [-0.4, -0.2) is 29.9 Å². The van der Waals surface area contributed by atoms with Gasteiger partial charge in [0, 0.05) is 13.1 Å². The van der Waals surface area contributed by atoms with Crippen LogP contribution in [0, 0.1) is 22.7 Å². The Kier molecular flexibility index (Phi) is 2.00. The first kappa shape index (κ1) is 9.47. The molecule has 76 valence electrons. The Balaban J connectivity index is 1.87. The molecule has 0 unspecified atom stereocenters. The molecule has 1 heterocycles. The number of nitriles is 1. The summed E-state index contributed by atoms with van der Waals surface area (Å²) >= 11 is 0. The third-order valence-corrected chi connectivity index (χ3v) is 3.08. The van der Waals surface area contributed by atoms with Gasteiger partial charge in [-0.1, -0.05) is 0 Å². The van der Waals surface area contributed by atoms with E-state index in [-0.39, 0.29) is 17.4 Å². The van der Waals surface area contributed by atoms with E-state index in [1.807, 2.05) is 6.92 Å². The number of hydrogen-bond donors (Lipinski definition) is 1. The fourth-order valence-corrected chi connectivity index (χ4v) is 1.89. The number of amides is 1. The van der Waals surface area contributed by atoms with Gasteiger partial charge in [-0.05, 0) is 25.7 Å². The summed E-state index contributed by atoms with van der Waals surface area (Å²) in [6.45, 7) is 2.96. The fraction of sp³-hybridized carbons (Fsp3) is 0.800. The molecule has 0 aromatic rings. The number of carbonyl (C=O) groups excluding carboxylic acids is 1. The van der Waals surface area contributed by atoms with Crippen LogP contribution >= 0.6 is 0 Å². The average molecular weight is 193 g/mol. The fourth-order valence-electron chi connectivity index (χ4n) is 1.89. The minimum atomic E-state index is -0.334. The predicted octanol–water partition coefficient (Wildman–Crippen LogP) is 0.0958. The summed E-state index contributed by atoms with van der Waals surface area (Å²) in [5.74, 6) is 0.427. The van der Waals surface area contributed by atoms with Gasteiger partial charge in [-0.3, -0.25) is 4.79 Å². The van der Waals surface area contributed by atoms with Gasteiger partial charge >= 0.3 is 0 Å². The summed E-state index contributed by atoms with van der Waals surface area (Å²) in [6, 6.07) is 1.89. The maximum Gasteiger partial charge on any atom is 0.239 e. The second-order valence-electron chi connectivity index (χ2n) is 4.73. The zero-order valence-electron chi connectivity index (χ0n) is 8.36. The molecule has 14 heavy (non-hydrogen) atoms. The molecule has 1 aliphatic heterocycles. The van der Waals surface area contributed by atoms with Crippen LogP contribution in [0.15, 0.2) is 0 Å². The van der Waals surface area contributed by atoms with E-state index in [4.69, 9.17) is 11.0 Å². The number of rotatable bonds is 2. The summed E-state index contributed by atoms with van der Waals surface area (Å²) in [7, 11) is 0. The van der Waals surface area contributed by atoms with Crippen LogP contribution in [0.1, 0.15) is 19.8 Å². The van der Waals surface area contributed by atoms with Gasteiger partial charge in [0.2, 0.25) is 5.91 Å². The first-order valence-electron chi connectivity index (χ1n) is 5.01. The lowest BCUT2D eigenvalue weighted by Gasteiger charge is -2.44. The summed E-state index contributed by atoms with van der Waals surface area (Å²) in [5.41, 5.74) is 5.45. The van der Waals surface area contributed by atoms with E-state index >= 15 is 0 Å². The van der Waals surface area contributed by atoms with Gasteiger partial charge in [-0.25, -0.2) is 0 Å². The molecule has 0 spiro atoms. The number of nitrogens with zero attached hydrogens (tertiary/aromatic N) is 2. The summed E-state index contributed by atoms with van der Waals surface area (Å²) in [5, 5.41) is 8.79. The molecule has 2 fully saturated rings. The smallest absolute Gasteiger partial charge is 0.239 e. The normalized spacial score (nSPS) is 26.2. The van der Waals surface area contributed by atoms with E-state index in [0.717, 1.165) is 12.8 Å². The highest BCUT2D eigenvalue weighted by molar-refractivity contribution is 5.83. The molecular formula is C10H15N3O. The molecule has 1 amide bonds. The highest BCUT2D eigenvalue weighted by atomic mass is 16.2. The van der Waals surface area contributed by atoms with Crippen molar-refractivity contribution in [2.75, 3.05) is 13.1 Å². The molecule has 2 N–H and O–H groups in total. The van der Waals surface area contributed by atoms with Crippen molar-refractivity contribution in [1.29, 1.82) is 5.26 Å².